The largest absolute Gasteiger partial charge is 0.316 e. The number of halogens is 1. The van der Waals surface area contributed by atoms with Gasteiger partial charge in [-0.2, -0.15) is 0 Å². The second-order valence-electron chi connectivity index (χ2n) is 6.84. The fourth-order valence-corrected chi connectivity index (χ4v) is 4.20. The Morgan fingerprint density at radius 3 is 2.25 bits per heavy atom. The first-order chi connectivity index (χ1) is 9.42. The third-order valence-corrected chi connectivity index (χ3v) is 5.38. The third-order valence-electron chi connectivity index (χ3n) is 5.38. The van der Waals surface area contributed by atoms with Gasteiger partial charge in [0.1, 0.15) is 0 Å². The summed E-state index contributed by atoms with van der Waals surface area (Å²) in [5, 5.41) is 3.55. The molecule has 3 saturated heterocycles. The topological polar surface area (TPSA) is 18.5 Å². The van der Waals surface area contributed by atoms with Gasteiger partial charge in [-0.15, -0.1) is 12.4 Å². The molecule has 3 aliphatic rings. The van der Waals surface area contributed by atoms with E-state index in [-0.39, 0.29) is 12.4 Å². The molecule has 4 heteroatoms. The van der Waals surface area contributed by atoms with Crippen LogP contribution in [0.3, 0.4) is 0 Å². The molecular weight excluding hydrogens is 270 g/mol. The van der Waals surface area contributed by atoms with E-state index in [4.69, 9.17) is 0 Å². The number of hydrogen-bond acceptors (Lipinski definition) is 3. The van der Waals surface area contributed by atoms with Crippen LogP contribution in [0.4, 0.5) is 0 Å². The van der Waals surface area contributed by atoms with Gasteiger partial charge >= 0.3 is 0 Å². The number of hydrogen-bond donors (Lipinski definition) is 1. The van der Waals surface area contributed by atoms with Crippen molar-refractivity contribution in [2.24, 2.45) is 5.92 Å². The van der Waals surface area contributed by atoms with Crippen molar-refractivity contribution in [3.8, 4) is 0 Å². The third kappa shape index (κ3) is 4.59. The molecule has 0 aliphatic carbocycles. The van der Waals surface area contributed by atoms with Gasteiger partial charge in [0.25, 0.3) is 0 Å². The van der Waals surface area contributed by atoms with Crippen molar-refractivity contribution in [1.82, 2.24) is 15.1 Å². The monoisotopic (exact) mass is 301 g/mol. The highest BCUT2D eigenvalue weighted by Crippen LogP contribution is 2.22. The molecule has 20 heavy (non-hydrogen) atoms. The lowest BCUT2D eigenvalue weighted by Gasteiger charge is -2.41. The first kappa shape index (κ1) is 16.5. The van der Waals surface area contributed by atoms with Crippen LogP contribution < -0.4 is 5.32 Å². The Morgan fingerprint density at radius 2 is 1.60 bits per heavy atom. The molecule has 1 N–H and O–H groups in total. The summed E-state index contributed by atoms with van der Waals surface area (Å²) in [6.07, 6.45) is 10.0. The molecule has 0 bridgehead atoms. The summed E-state index contributed by atoms with van der Waals surface area (Å²) in [7, 11) is 0. The molecule has 3 heterocycles. The van der Waals surface area contributed by atoms with Crippen molar-refractivity contribution in [2.45, 2.75) is 51.0 Å². The van der Waals surface area contributed by atoms with E-state index in [9.17, 15) is 0 Å². The smallest absolute Gasteiger partial charge is 0.0120 e. The minimum atomic E-state index is 0. The Bertz CT molecular complexity index is 254. The van der Waals surface area contributed by atoms with E-state index in [2.05, 4.69) is 15.1 Å². The van der Waals surface area contributed by atoms with Gasteiger partial charge in [-0.25, -0.2) is 0 Å². The molecule has 0 saturated carbocycles. The van der Waals surface area contributed by atoms with E-state index in [1.165, 1.54) is 90.8 Å². The number of rotatable bonds is 3. The van der Waals surface area contributed by atoms with Gasteiger partial charge in [0.15, 0.2) is 0 Å². The molecule has 3 nitrogen and oxygen atoms in total. The summed E-state index contributed by atoms with van der Waals surface area (Å²) in [6.45, 7) is 9.28. The van der Waals surface area contributed by atoms with Crippen molar-refractivity contribution < 1.29 is 0 Å². The van der Waals surface area contributed by atoms with E-state index < -0.39 is 0 Å². The summed E-state index contributed by atoms with van der Waals surface area (Å²) < 4.78 is 0. The zero-order valence-electron chi connectivity index (χ0n) is 12.9. The normalized spacial score (nSPS) is 30.9. The fourth-order valence-electron chi connectivity index (χ4n) is 4.20. The van der Waals surface area contributed by atoms with Gasteiger partial charge in [-0.1, -0.05) is 6.42 Å². The van der Waals surface area contributed by atoms with Gasteiger partial charge in [0.2, 0.25) is 0 Å². The number of piperidine rings is 3. The molecule has 118 valence electrons. The lowest BCUT2D eigenvalue weighted by Crippen LogP contribution is -2.48. The van der Waals surface area contributed by atoms with Crippen molar-refractivity contribution in [2.75, 3.05) is 45.8 Å². The average Bonchev–Trinajstić information content (AvgIpc) is 2.50. The van der Waals surface area contributed by atoms with Crippen LogP contribution in [0.1, 0.15) is 44.9 Å². The molecule has 0 aromatic rings. The lowest BCUT2D eigenvalue weighted by molar-refractivity contribution is 0.0828. The van der Waals surface area contributed by atoms with Gasteiger partial charge < -0.3 is 15.1 Å². The lowest BCUT2D eigenvalue weighted by atomic mass is 9.96. The molecule has 3 fully saturated rings. The van der Waals surface area contributed by atoms with E-state index in [0.717, 1.165) is 12.0 Å². The van der Waals surface area contributed by atoms with Crippen LogP contribution in [-0.2, 0) is 0 Å². The van der Waals surface area contributed by atoms with Gasteiger partial charge in [-0.05, 0) is 83.7 Å². The molecule has 0 radical (unpaired) electrons. The first-order valence-electron chi connectivity index (χ1n) is 8.59. The van der Waals surface area contributed by atoms with Crippen LogP contribution in [-0.4, -0.2) is 61.7 Å². The fraction of sp³-hybridized carbons (Fsp3) is 1.00. The molecule has 0 amide bonds. The Hall–Kier alpha value is 0.170. The molecule has 0 aromatic carbocycles. The van der Waals surface area contributed by atoms with Crippen LogP contribution in [0.5, 0.6) is 0 Å². The van der Waals surface area contributed by atoms with E-state index in [1.54, 1.807) is 0 Å². The first-order valence-corrected chi connectivity index (χ1v) is 8.59. The highest BCUT2D eigenvalue weighted by molar-refractivity contribution is 5.85. The van der Waals surface area contributed by atoms with Crippen LogP contribution in [0.15, 0.2) is 0 Å². The zero-order valence-corrected chi connectivity index (χ0v) is 13.7. The Labute approximate surface area is 130 Å². The van der Waals surface area contributed by atoms with E-state index in [0.29, 0.717) is 0 Å². The zero-order chi connectivity index (χ0) is 12.9. The summed E-state index contributed by atoms with van der Waals surface area (Å²) in [4.78, 5) is 5.51. The predicted molar refractivity (Wildman–Crippen MR) is 87.7 cm³/mol. The predicted octanol–water partition coefficient (Wildman–Crippen LogP) is 2.36. The average molecular weight is 302 g/mol. The molecule has 3 rings (SSSR count). The van der Waals surface area contributed by atoms with E-state index in [1.807, 2.05) is 0 Å². The van der Waals surface area contributed by atoms with Crippen LogP contribution in [0.2, 0.25) is 0 Å². The maximum absolute atomic E-state index is 3.55. The highest BCUT2D eigenvalue weighted by Gasteiger charge is 2.26. The van der Waals surface area contributed by atoms with Gasteiger partial charge in [-0.3, -0.25) is 0 Å². The maximum atomic E-state index is 3.55. The number of likely N-dealkylation sites (tertiary alicyclic amines) is 2. The second-order valence-corrected chi connectivity index (χ2v) is 6.84. The molecule has 1 unspecified atom stereocenters. The summed E-state index contributed by atoms with van der Waals surface area (Å²) in [5.41, 5.74) is 0. The summed E-state index contributed by atoms with van der Waals surface area (Å²) >= 11 is 0. The van der Waals surface area contributed by atoms with E-state index >= 15 is 0 Å². The standard InChI is InChI=1S/C16H31N3.ClH/c1-2-9-19(10-3-1)16-6-11-18(12-7-16)14-15-5-4-8-17-13-15;/h15-17H,1-14H2;1H. The maximum Gasteiger partial charge on any atom is 0.0120 e. The number of nitrogens with one attached hydrogen (secondary N) is 1. The second kappa shape index (κ2) is 8.57. The number of nitrogens with zero attached hydrogens (tertiary/aromatic N) is 2. The molecule has 0 spiro atoms. The van der Waals surface area contributed by atoms with Crippen LogP contribution in [0, 0.1) is 5.92 Å². The van der Waals surface area contributed by atoms with Crippen LogP contribution >= 0.6 is 12.4 Å². The Kier molecular flexibility index (Phi) is 7.09. The molecule has 0 aromatic heterocycles. The quantitative estimate of drug-likeness (QED) is 0.863. The van der Waals surface area contributed by atoms with Crippen LogP contribution in [0.25, 0.3) is 0 Å². The molecule has 3 aliphatic heterocycles. The summed E-state index contributed by atoms with van der Waals surface area (Å²) in [6, 6.07) is 0.904. The molecular formula is C16H32ClN3. The highest BCUT2D eigenvalue weighted by atomic mass is 35.5. The van der Waals surface area contributed by atoms with Crippen molar-refractivity contribution >= 4 is 12.4 Å². The Balaban J connectivity index is 0.00000147. The molecule has 1 atom stereocenters. The minimum Gasteiger partial charge on any atom is -0.316 e. The SMILES string of the molecule is C1CCN(C2CCN(CC3CCCNC3)CC2)CC1.Cl. The minimum absolute atomic E-state index is 0. The summed E-state index contributed by atoms with van der Waals surface area (Å²) in [5.74, 6) is 0.917. The van der Waals surface area contributed by atoms with Gasteiger partial charge in [0.05, 0.1) is 0 Å². The van der Waals surface area contributed by atoms with Crippen molar-refractivity contribution in [3.63, 3.8) is 0 Å². The Morgan fingerprint density at radius 1 is 0.850 bits per heavy atom. The van der Waals surface area contributed by atoms with Gasteiger partial charge in [0, 0.05) is 12.6 Å². The van der Waals surface area contributed by atoms with Crippen molar-refractivity contribution in [1.29, 1.82) is 0 Å². The van der Waals surface area contributed by atoms with Crippen molar-refractivity contribution in [3.05, 3.63) is 0 Å².